The van der Waals surface area contributed by atoms with Gasteiger partial charge in [-0.15, -0.1) is 0 Å². The number of fused-ring (bicyclic) bond motifs is 1. The van der Waals surface area contributed by atoms with Crippen LogP contribution in [0.2, 0.25) is 0 Å². The molecule has 25 heavy (non-hydrogen) atoms. The molecule has 0 radical (unpaired) electrons. The number of benzene rings is 2. The van der Waals surface area contributed by atoms with E-state index >= 15 is 0 Å². The van der Waals surface area contributed by atoms with Gasteiger partial charge in [0.1, 0.15) is 4.32 Å². The number of thioether (sulfide) groups is 1. The van der Waals surface area contributed by atoms with Gasteiger partial charge in [0.05, 0.1) is 4.91 Å². The van der Waals surface area contributed by atoms with Crippen molar-refractivity contribution in [2.24, 2.45) is 0 Å². The number of carboxylic acid groups (broad SMARTS) is 1. The Bertz CT molecular complexity index is 905. The van der Waals surface area contributed by atoms with Gasteiger partial charge < -0.3 is 5.11 Å². The van der Waals surface area contributed by atoms with E-state index in [4.69, 9.17) is 17.3 Å². The zero-order valence-corrected chi connectivity index (χ0v) is 15.3. The Hall–Kier alpha value is -2.18. The Morgan fingerprint density at radius 1 is 1.24 bits per heavy atom. The van der Waals surface area contributed by atoms with Gasteiger partial charge in [0.2, 0.25) is 0 Å². The zero-order chi connectivity index (χ0) is 18.0. The minimum absolute atomic E-state index is 0.0265. The van der Waals surface area contributed by atoms with Gasteiger partial charge in [0.25, 0.3) is 5.91 Å². The van der Waals surface area contributed by atoms with Crippen LogP contribution >= 0.6 is 24.0 Å². The Balaban J connectivity index is 1.88. The average Bonchev–Trinajstić information content (AvgIpc) is 2.85. The highest BCUT2D eigenvalue weighted by Gasteiger charge is 2.31. The van der Waals surface area contributed by atoms with Crippen molar-refractivity contribution in [2.45, 2.75) is 19.8 Å². The molecule has 128 valence electrons. The molecule has 0 bridgehead atoms. The van der Waals surface area contributed by atoms with Gasteiger partial charge in [-0.2, -0.15) is 0 Å². The van der Waals surface area contributed by atoms with E-state index < -0.39 is 5.97 Å². The molecule has 1 aliphatic rings. The fraction of sp³-hybridized carbons (Fsp3) is 0.211. The third-order valence-electron chi connectivity index (χ3n) is 4.11. The number of nitrogens with zero attached hydrogens (tertiary/aromatic N) is 1. The second kappa shape index (κ2) is 7.37. The second-order valence-corrected chi connectivity index (χ2v) is 7.52. The summed E-state index contributed by atoms with van der Waals surface area (Å²) in [5.41, 5.74) is 2.17. The highest BCUT2D eigenvalue weighted by atomic mass is 32.2. The van der Waals surface area contributed by atoms with E-state index in [0.29, 0.717) is 22.2 Å². The monoisotopic (exact) mass is 371 g/mol. The van der Waals surface area contributed by atoms with Crippen LogP contribution in [0.1, 0.15) is 24.0 Å². The van der Waals surface area contributed by atoms with Gasteiger partial charge in [-0.05, 0) is 41.3 Å². The predicted molar refractivity (Wildman–Crippen MR) is 105 cm³/mol. The lowest BCUT2D eigenvalue weighted by Gasteiger charge is -2.13. The molecule has 2 aromatic carbocycles. The number of carbonyl (C=O) groups is 2. The molecule has 0 aliphatic carbocycles. The van der Waals surface area contributed by atoms with E-state index in [9.17, 15) is 9.59 Å². The maximum atomic E-state index is 12.6. The summed E-state index contributed by atoms with van der Waals surface area (Å²) in [4.78, 5) is 25.3. The first-order valence-corrected chi connectivity index (χ1v) is 9.15. The first-order chi connectivity index (χ1) is 12.0. The number of aliphatic carboxylic acids is 1. The van der Waals surface area contributed by atoms with Crippen molar-refractivity contribution in [3.63, 3.8) is 0 Å². The van der Waals surface area contributed by atoms with Gasteiger partial charge in [0.15, 0.2) is 0 Å². The van der Waals surface area contributed by atoms with Crippen LogP contribution in [0.4, 0.5) is 0 Å². The number of hydrogen-bond donors (Lipinski definition) is 1. The molecule has 0 unspecified atom stereocenters. The molecule has 4 nitrogen and oxygen atoms in total. The van der Waals surface area contributed by atoms with Crippen molar-refractivity contribution in [2.75, 3.05) is 6.54 Å². The van der Waals surface area contributed by atoms with Crippen molar-refractivity contribution in [1.82, 2.24) is 4.90 Å². The normalized spacial score (nSPS) is 16.2. The quantitative estimate of drug-likeness (QED) is 0.630. The molecule has 1 saturated heterocycles. The molecule has 1 fully saturated rings. The number of carboxylic acids is 1. The van der Waals surface area contributed by atoms with Crippen LogP contribution in [0, 0.1) is 6.92 Å². The number of amides is 1. The Kier molecular flexibility index (Phi) is 5.20. The fourth-order valence-corrected chi connectivity index (χ4v) is 4.12. The molecular formula is C19H17NO3S2. The highest BCUT2D eigenvalue weighted by Crippen LogP contribution is 2.34. The molecule has 1 aliphatic heterocycles. The zero-order valence-electron chi connectivity index (χ0n) is 13.7. The molecule has 3 rings (SSSR count). The van der Waals surface area contributed by atoms with E-state index in [1.807, 2.05) is 36.4 Å². The van der Waals surface area contributed by atoms with Crippen LogP contribution < -0.4 is 0 Å². The van der Waals surface area contributed by atoms with Crippen LogP contribution in [0.15, 0.2) is 41.3 Å². The number of carbonyl (C=O) groups excluding carboxylic acids is 1. The molecule has 1 amide bonds. The lowest BCUT2D eigenvalue weighted by Crippen LogP contribution is -2.29. The summed E-state index contributed by atoms with van der Waals surface area (Å²) in [6.07, 6.45) is 2.29. The Morgan fingerprint density at radius 3 is 2.68 bits per heavy atom. The largest absolute Gasteiger partial charge is 0.481 e. The van der Waals surface area contributed by atoms with Crippen LogP contribution in [-0.4, -0.2) is 32.7 Å². The fourth-order valence-electron chi connectivity index (χ4n) is 2.82. The van der Waals surface area contributed by atoms with E-state index in [-0.39, 0.29) is 12.3 Å². The first kappa shape index (κ1) is 17.6. The summed E-state index contributed by atoms with van der Waals surface area (Å²) >= 11 is 6.56. The van der Waals surface area contributed by atoms with Crippen LogP contribution in [0.3, 0.4) is 0 Å². The van der Waals surface area contributed by atoms with Crippen molar-refractivity contribution in [3.05, 3.63) is 52.4 Å². The lowest BCUT2D eigenvalue weighted by atomic mass is 10.00. The van der Waals surface area contributed by atoms with Crippen LogP contribution in [-0.2, 0) is 9.59 Å². The summed E-state index contributed by atoms with van der Waals surface area (Å²) in [6, 6.07) is 12.1. The minimum atomic E-state index is -0.868. The summed E-state index contributed by atoms with van der Waals surface area (Å²) in [5, 5.41) is 11.0. The van der Waals surface area contributed by atoms with Gasteiger partial charge in [-0.3, -0.25) is 14.5 Å². The van der Waals surface area contributed by atoms with E-state index in [1.54, 1.807) is 0 Å². The number of thiocarbonyl (C=S) groups is 1. The predicted octanol–water partition coefficient (Wildman–Crippen LogP) is 4.21. The minimum Gasteiger partial charge on any atom is -0.481 e. The average molecular weight is 371 g/mol. The third-order valence-corrected chi connectivity index (χ3v) is 5.49. The van der Waals surface area contributed by atoms with Gasteiger partial charge in [0, 0.05) is 13.0 Å². The van der Waals surface area contributed by atoms with Gasteiger partial charge in [-0.25, -0.2) is 0 Å². The molecule has 0 atom stereocenters. The summed E-state index contributed by atoms with van der Waals surface area (Å²) in [5.74, 6) is -1.02. The molecule has 0 saturated carbocycles. The number of aryl methyl sites for hydroxylation is 1. The maximum Gasteiger partial charge on any atom is 0.303 e. The van der Waals surface area contributed by atoms with E-state index in [2.05, 4.69) is 13.0 Å². The smallest absolute Gasteiger partial charge is 0.303 e. The van der Waals surface area contributed by atoms with Crippen LogP contribution in [0.25, 0.3) is 16.8 Å². The standard InChI is InChI=1S/C19H17NO3S2/c1-12-8-9-13(15-6-3-2-5-14(12)15)11-16-18(23)20(19(24)25-16)10-4-7-17(21)22/h2-3,5-6,8-9,11H,4,7,10H2,1H3,(H,21,22). The number of hydrogen-bond acceptors (Lipinski definition) is 4. The lowest BCUT2D eigenvalue weighted by molar-refractivity contribution is -0.137. The number of rotatable bonds is 5. The van der Waals surface area contributed by atoms with E-state index in [1.165, 1.54) is 22.2 Å². The van der Waals surface area contributed by atoms with Crippen LogP contribution in [0.5, 0.6) is 0 Å². The summed E-state index contributed by atoms with van der Waals surface area (Å²) in [6.45, 7) is 2.40. The Labute approximate surface area is 155 Å². The summed E-state index contributed by atoms with van der Waals surface area (Å²) in [7, 11) is 0. The molecule has 0 aromatic heterocycles. The molecule has 0 spiro atoms. The molecule has 1 heterocycles. The van der Waals surface area contributed by atoms with Gasteiger partial charge in [-0.1, -0.05) is 60.4 Å². The van der Waals surface area contributed by atoms with Crippen molar-refractivity contribution < 1.29 is 14.7 Å². The highest BCUT2D eigenvalue weighted by molar-refractivity contribution is 8.26. The maximum absolute atomic E-state index is 12.6. The molecular weight excluding hydrogens is 354 g/mol. The molecule has 1 N–H and O–H groups in total. The molecule has 2 aromatic rings. The second-order valence-electron chi connectivity index (χ2n) is 5.85. The van der Waals surface area contributed by atoms with Crippen molar-refractivity contribution >= 4 is 57.0 Å². The van der Waals surface area contributed by atoms with Crippen molar-refractivity contribution in [1.29, 1.82) is 0 Å². The Morgan fingerprint density at radius 2 is 1.96 bits per heavy atom. The topological polar surface area (TPSA) is 57.6 Å². The molecule has 6 heteroatoms. The third kappa shape index (κ3) is 3.75. The van der Waals surface area contributed by atoms with Crippen molar-refractivity contribution in [3.8, 4) is 0 Å². The first-order valence-electron chi connectivity index (χ1n) is 7.93. The van der Waals surface area contributed by atoms with E-state index in [0.717, 1.165) is 16.3 Å². The SMILES string of the molecule is Cc1ccc(C=C2SC(=S)N(CCCC(=O)O)C2=O)c2ccccc12. The summed E-state index contributed by atoms with van der Waals surface area (Å²) < 4.78 is 0.484. The van der Waals surface area contributed by atoms with Gasteiger partial charge >= 0.3 is 5.97 Å².